The zero-order valence-corrected chi connectivity index (χ0v) is 23.7. The van der Waals surface area contributed by atoms with Crippen LogP contribution in [0.25, 0.3) is 0 Å². The summed E-state index contributed by atoms with van der Waals surface area (Å²) in [7, 11) is 0. The molecule has 0 radical (unpaired) electrons. The largest absolute Gasteiger partial charge is 0.463 e. The third-order valence-corrected chi connectivity index (χ3v) is 6.69. The third kappa shape index (κ3) is 8.01. The standard InChI is InChI=1S/C26H35ClN8O5/c1-5-40-21(36)11-9-16(14-20-31-33-34-32-20)29-24(38)19-7-6-12-35(19)25(39)22(26(2,3)4)30-23(37)15-8-10-18(28)17(27)13-15/h8-11,13,16,19,22H,5-7,12,14,28H2,1-4H3,(H,29,38)(H,30,37)(H,31,32,33,34)/b11-9+/t16-,19-,22-/m1/s1. The highest BCUT2D eigenvalue weighted by Crippen LogP contribution is 2.27. The molecule has 1 aliphatic heterocycles. The number of H-pyrrole nitrogens is 1. The van der Waals surface area contributed by atoms with E-state index in [-0.39, 0.29) is 29.5 Å². The van der Waals surface area contributed by atoms with Crippen molar-refractivity contribution in [2.45, 2.75) is 65.1 Å². The fraction of sp³-hybridized carbons (Fsp3) is 0.500. The molecule has 1 aliphatic rings. The first-order valence-corrected chi connectivity index (χ1v) is 13.3. The van der Waals surface area contributed by atoms with E-state index in [2.05, 4.69) is 31.3 Å². The molecule has 2 heterocycles. The van der Waals surface area contributed by atoms with Crippen molar-refractivity contribution in [3.63, 3.8) is 0 Å². The number of nitrogens with zero attached hydrogens (tertiary/aromatic N) is 4. The zero-order valence-electron chi connectivity index (χ0n) is 22.9. The van der Waals surface area contributed by atoms with Crippen LogP contribution >= 0.6 is 11.6 Å². The summed E-state index contributed by atoms with van der Waals surface area (Å²) in [4.78, 5) is 53.6. The molecule has 1 saturated heterocycles. The van der Waals surface area contributed by atoms with Gasteiger partial charge in [0.05, 0.1) is 23.4 Å². The van der Waals surface area contributed by atoms with Gasteiger partial charge in [0.15, 0.2) is 5.82 Å². The van der Waals surface area contributed by atoms with Crippen LogP contribution in [0.5, 0.6) is 0 Å². The van der Waals surface area contributed by atoms with Gasteiger partial charge in [-0.2, -0.15) is 5.21 Å². The Hall–Kier alpha value is -4.00. The lowest BCUT2D eigenvalue weighted by Crippen LogP contribution is -2.58. The lowest BCUT2D eigenvalue weighted by Gasteiger charge is -2.35. The Bertz CT molecular complexity index is 1240. The first-order chi connectivity index (χ1) is 18.9. The van der Waals surface area contributed by atoms with Gasteiger partial charge in [0, 0.05) is 24.6 Å². The van der Waals surface area contributed by atoms with Crippen molar-refractivity contribution in [2.75, 3.05) is 18.9 Å². The van der Waals surface area contributed by atoms with Crippen LogP contribution in [0.3, 0.4) is 0 Å². The zero-order chi connectivity index (χ0) is 29.4. The van der Waals surface area contributed by atoms with Crippen molar-refractivity contribution in [2.24, 2.45) is 5.41 Å². The van der Waals surface area contributed by atoms with Crippen molar-refractivity contribution in [1.82, 2.24) is 36.2 Å². The van der Waals surface area contributed by atoms with Crippen LogP contribution in [0.15, 0.2) is 30.4 Å². The molecule has 0 bridgehead atoms. The Morgan fingerprint density at radius 2 is 2.02 bits per heavy atom. The second kappa shape index (κ2) is 13.4. The molecule has 3 atom stereocenters. The number of aromatic nitrogens is 4. The lowest BCUT2D eigenvalue weighted by molar-refractivity contribution is -0.142. The van der Waals surface area contributed by atoms with E-state index in [0.29, 0.717) is 30.9 Å². The minimum atomic E-state index is -0.927. The van der Waals surface area contributed by atoms with E-state index in [1.54, 1.807) is 6.92 Å². The molecule has 1 aromatic carbocycles. The Morgan fingerprint density at radius 1 is 1.27 bits per heavy atom. The van der Waals surface area contributed by atoms with Crippen LogP contribution in [-0.4, -0.2) is 80.5 Å². The van der Waals surface area contributed by atoms with E-state index in [0.717, 1.165) is 0 Å². The van der Waals surface area contributed by atoms with Crippen molar-refractivity contribution in [1.29, 1.82) is 0 Å². The number of anilines is 1. The molecule has 3 amide bonds. The summed E-state index contributed by atoms with van der Waals surface area (Å²) in [5.41, 5.74) is 5.68. The van der Waals surface area contributed by atoms with Crippen LogP contribution in [0.2, 0.25) is 5.02 Å². The molecule has 14 heteroatoms. The van der Waals surface area contributed by atoms with Gasteiger partial charge >= 0.3 is 5.97 Å². The third-order valence-electron chi connectivity index (χ3n) is 6.36. The van der Waals surface area contributed by atoms with Crippen LogP contribution in [0.1, 0.15) is 56.7 Å². The van der Waals surface area contributed by atoms with Crippen LogP contribution in [0, 0.1) is 5.41 Å². The lowest BCUT2D eigenvalue weighted by atomic mass is 9.85. The van der Waals surface area contributed by atoms with Gasteiger partial charge in [-0.3, -0.25) is 14.4 Å². The maximum atomic E-state index is 13.8. The molecule has 0 spiro atoms. The molecular weight excluding hydrogens is 540 g/mol. The molecule has 0 saturated carbocycles. The van der Waals surface area contributed by atoms with Crippen molar-refractivity contribution in [3.05, 3.63) is 46.8 Å². The van der Waals surface area contributed by atoms with Gasteiger partial charge in [0.1, 0.15) is 12.1 Å². The fourth-order valence-electron chi connectivity index (χ4n) is 4.30. The number of ether oxygens (including phenoxy) is 1. The number of aromatic amines is 1. The van der Waals surface area contributed by atoms with Crippen molar-refractivity contribution in [3.8, 4) is 0 Å². The van der Waals surface area contributed by atoms with Gasteiger partial charge in [-0.15, -0.1) is 10.2 Å². The van der Waals surface area contributed by atoms with Gasteiger partial charge in [-0.05, 0) is 43.4 Å². The van der Waals surface area contributed by atoms with Crippen molar-refractivity contribution < 1.29 is 23.9 Å². The van der Waals surface area contributed by atoms with Crippen LogP contribution < -0.4 is 16.4 Å². The minimum Gasteiger partial charge on any atom is -0.463 e. The second-order valence-corrected chi connectivity index (χ2v) is 10.9. The smallest absolute Gasteiger partial charge is 0.330 e. The molecule has 40 heavy (non-hydrogen) atoms. The molecule has 13 nitrogen and oxygen atoms in total. The second-order valence-electron chi connectivity index (χ2n) is 10.5. The van der Waals surface area contributed by atoms with Gasteiger partial charge in [0.25, 0.3) is 5.91 Å². The number of benzene rings is 1. The summed E-state index contributed by atoms with van der Waals surface area (Å²) in [6, 6.07) is 2.12. The molecule has 3 rings (SSSR count). The maximum Gasteiger partial charge on any atom is 0.330 e. The molecule has 5 N–H and O–H groups in total. The van der Waals surface area contributed by atoms with Gasteiger partial charge in [-0.25, -0.2) is 4.79 Å². The van der Waals surface area contributed by atoms with Crippen LogP contribution in [0.4, 0.5) is 5.69 Å². The minimum absolute atomic E-state index is 0.156. The summed E-state index contributed by atoms with van der Waals surface area (Å²) in [6.45, 7) is 7.74. The normalized spacial score (nSPS) is 16.9. The number of carbonyl (C=O) groups is 4. The Labute approximate surface area is 237 Å². The number of halogens is 1. The number of nitrogen functional groups attached to an aromatic ring is 1. The average molecular weight is 575 g/mol. The number of nitrogens with one attached hydrogen (secondary N) is 3. The average Bonchev–Trinajstić information content (AvgIpc) is 3.59. The molecule has 216 valence electrons. The van der Waals surface area contributed by atoms with Crippen molar-refractivity contribution >= 4 is 41.0 Å². The number of likely N-dealkylation sites (tertiary alicyclic amines) is 1. The first kappa shape index (κ1) is 30.5. The Balaban J connectivity index is 1.77. The highest BCUT2D eigenvalue weighted by atomic mass is 35.5. The number of amides is 3. The summed E-state index contributed by atoms with van der Waals surface area (Å²) >= 11 is 6.08. The summed E-state index contributed by atoms with van der Waals surface area (Å²) in [5.74, 6) is -1.50. The highest BCUT2D eigenvalue weighted by molar-refractivity contribution is 6.33. The first-order valence-electron chi connectivity index (χ1n) is 12.9. The summed E-state index contributed by atoms with van der Waals surface area (Å²) in [6.07, 6.45) is 3.91. The van der Waals surface area contributed by atoms with Gasteiger partial charge < -0.3 is 26.0 Å². The predicted octanol–water partition coefficient (Wildman–Crippen LogP) is 1.42. The van der Waals surface area contributed by atoms with E-state index in [9.17, 15) is 19.2 Å². The van der Waals surface area contributed by atoms with Gasteiger partial charge in [0.2, 0.25) is 11.8 Å². The Kier molecular flexibility index (Phi) is 10.2. The number of rotatable bonds is 10. The van der Waals surface area contributed by atoms with E-state index < -0.39 is 41.3 Å². The van der Waals surface area contributed by atoms with Gasteiger partial charge in [-0.1, -0.05) is 43.7 Å². The Morgan fingerprint density at radius 3 is 2.65 bits per heavy atom. The number of tetrazole rings is 1. The number of hydrogen-bond acceptors (Lipinski definition) is 9. The van der Waals surface area contributed by atoms with E-state index in [4.69, 9.17) is 22.1 Å². The van der Waals surface area contributed by atoms with Crippen LogP contribution in [-0.2, 0) is 25.5 Å². The quantitative estimate of drug-likeness (QED) is 0.185. The number of carbonyl (C=O) groups excluding carboxylic acids is 4. The van der Waals surface area contributed by atoms with E-state index in [1.165, 1.54) is 35.3 Å². The SMILES string of the molecule is CCOC(=O)/C=C/[C@H](Cc1nn[nH]n1)NC(=O)[C@H]1CCCN1C(=O)[C@@H](NC(=O)c1ccc(N)c(Cl)c1)C(C)(C)C. The molecule has 2 aromatic rings. The van der Waals surface area contributed by atoms with E-state index >= 15 is 0 Å². The fourth-order valence-corrected chi connectivity index (χ4v) is 4.48. The monoisotopic (exact) mass is 574 g/mol. The topological polar surface area (TPSA) is 185 Å². The summed E-state index contributed by atoms with van der Waals surface area (Å²) in [5, 5.41) is 19.6. The number of nitrogens with two attached hydrogens (primary N) is 1. The molecule has 1 aromatic heterocycles. The highest BCUT2D eigenvalue weighted by Gasteiger charge is 2.42. The number of hydrogen-bond donors (Lipinski definition) is 4. The molecule has 1 fully saturated rings. The summed E-state index contributed by atoms with van der Waals surface area (Å²) < 4.78 is 4.93. The molecule has 0 unspecified atom stereocenters. The maximum absolute atomic E-state index is 13.8. The molecular formula is C26H35ClN8O5. The predicted molar refractivity (Wildman–Crippen MR) is 147 cm³/mol. The molecule has 0 aliphatic carbocycles. The van der Waals surface area contributed by atoms with E-state index in [1.807, 2.05) is 20.8 Å². The number of esters is 1.